The predicted molar refractivity (Wildman–Crippen MR) is 122 cm³/mol. The van der Waals surface area contributed by atoms with Gasteiger partial charge in [0, 0.05) is 17.8 Å². The Kier molecular flexibility index (Phi) is 11.4. The Morgan fingerprint density at radius 2 is 2.04 bits per heavy atom. The summed E-state index contributed by atoms with van der Waals surface area (Å²) in [6, 6.07) is 7.94. The molecule has 5 nitrogen and oxygen atoms in total. The first-order valence-corrected chi connectivity index (χ1v) is 10.2. The summed E-state index contributed by atoms with van der Waals surface area (Å²) in [7, 11) is 1.64. The molecule has 3 N–H and O–H groups in total. The maximum absolute atomic E-state index is 10.4. The number of aliphatic hydroxyl groups is 1. The van der Waals surface area contributed by atoms with Crippen LogP contribution in [0, 0.1) is 0 Å². The smallest absolute Gasteiger partial charge is 0.191 e. The molecule has 1 aliphatic rings. The van der Waals surface area contributed by atoms with Gasteiger partial charge in [-0.15, -0.1) is 24.0 Å². The first-order chi connectivity index (χ1) is 12.2. The van der Waals surface area contributed by atoms with Gasteiger partial charge in [-0.25, -0.2) is 0 Å². The Morgan fingerprint density at radius 3 is 2.65 bits per heavy atom. The molecule has 3 atom stereocenters. The number of benzene rings is 1. The zero-order chi connectivity index (χ0) is 18.1. The summed E-state index contributed by atoms with van der Waals surface area (Å²) in [5, 5.41) is 17.9. The van der Waals surface area contributed by atoms with Crippen molar-refractivity contribution in [2.75, 3.05) is 26.0 Å². The molecule has 0 saturated heterocycles. The zero-order valence-electron chi connectivity index (χ0n) is 15.9. The maximum Gasteiger partial charge on any atom is 0.191 e. The number of hydrogen-bond acceptors (Lipinski definition) is 4. The third-order valence-electron chi connectivity index (χ3n) is 4.39. The highest BCUT2D eigenvalue weighted by molar-refractivity contribution is 14.0. The summed E-state index contributed by atoms with van der Waals surface area (Å²) < 4.78 is 5.15. The summed E-state index contributed by atoms with van der Waals surface area (Å²) in [5.74, 6) is 2.76. The second kappa shape index (κ2) is 12.7. The van der Waals surface area contributed by atoms with Crippen molar-refractivity contribution >= 4 is 41.7 Å². The van der Waals surface area contributed by atoms with E-state index in [1.807, 2.05) is 24.3 Å². The Morgan fingerprint density at radius 1 is 1.31 bits per heavy atom. The second-order valence-corrected chi connectivity index (χ2v) is 7.82. The number of aliphatic imine (C=N–C) groups is 1. The molecule has 1 saturated carbocycles. The normalized spacial score (nSPS) is 21.0. The summed E-state index contributed by atoms with van der Waals surface area (Å²) in [4.78, 5) is 4.57. The van der Waals surface area contributed by atoms with Gasteiger partial charge in [0.2, 0.25) is 0 Å². The molecule has 3 unspecified atom stereocenters. The van der Waals surface area contributed by atoms with Crippen molar-refractivity contribution in [2.24, 2.45) is 4.99 Å². The molecule has 0 radical (unpaired) electrons. The highest BCUT2D eigenvalue weighted by Crippen LogP contribution is 2.29. The van der Waals surface area contributed by atoms with Crippen molar-refractivity contribution in [3.05, 3.63) is 29.8 Å². The lowest BCUT2D eigenvalue weighted by Crippen LogP contribution is -2.42. The fourth-order valence-electron chi connectivity index (χ4n) is 3.08. The van der Waals surface area contributed by atoms with Gasteiger partial charge in [-0.05, 0) is 49.6 Å². The van der Waals surface area contributed by atoms with E-state index >= 15 is 0 Å². The van der Waals surface area contributed by atoms with Crippen molar-refractivity contribution in [3.8, 4) is 5.75 Å². The van der Waals surface area contributed by atoms with Crippen LogP contribution in [0.2, 0.25) is 0 Å². The predicted octanol–water partition coefficient (Wildman–Crippen LogP) is 3.58. The fraction of sp³-hybridized carbons (Fsp3) is 0.632. The van der Waals surface area contributed by atoms with Gasteiger partial charge in [0.15, 0.2) is 5.96 Å². The number of aliphatic hydroxyl groups excluding tert-OH is 1. The van der Waals surface area contributed by atoms with E-state index in [2.05, 4.69) is 41.2 Å². The van der Waals surface area contributed by atoms with E-state index in [1.54, 1.807) is 7.11 Å². The van der Waals surface area contributed by atoms with Gasteiger partial charge in [-0.1, -0.05) is 19.1 Å². The van der Waals surface area contributed by atoms with Gasteiger partial charge >= 0.3 is 0 Å². The molecule has 0 aliphatic heterocycles. The highest BCUT2D eigenvalue weighted by Gasteiger charge is 2.25. The van der Waals surface area contributed by atoms with E-state index in [-0.39, 0.29) is 24.0 Å². The molecule has 148 valence electrons. The minimum absolute atomic E-state index is 0. The number of nitrogens with zero attached hydrogens (tertiary/aromatic N) is 1. The average Bonchev–Trinajstić information content (AvgIpc) is 3.07. The van der Waals surface area contributed by atoms with Gasteiger partial charge in [0.05, 0.1) is 19.8 Å². The minimum atomic E-state index is -0.617. The van der Waals surface area contributed by atoms with Crippen LogP contribution in [-0.2, 0) is 0 Å². The monoisotopic (exact) mass is 493 g/mol. The molecule has 26 heavy (non-hydrogen) atoms. The Balaban J connectivity index is 0.00000338. The molecule has 0 amide bonds. The second-order valence-electron chi connectivity index (χ2n) is 6.24. The molecule has 1 aromatic rings. The van der Waals surface area contributed by atoms with Crippen molar-refractivity contribution in [3.63, 3.8) is 0 Å². The number of thioether (sulfide) groups is 1. The summed E-state index contributed by atoms with van der Waals surface area (Å²) in [6.07, 6.45) is 3.02. The molecule has 1 fully saturated rings. The number of methoxy groups -OCH3 is 1. The largest absolute Gasteiger partial charge is 0.497 e. The molecule has 0 heterocycles. The van der Waals surface area contributed by atoms with Crippen LogP contribution in [0.3, 0.4) is 0 Å². The van der Waals surface area contributed by atoms with Crippen molar-refractivity contribution in [1.29, 1.82) is 0 Å². The Labute approximate surface area is 178 Å². The van der Waals surface area contributed by atoms with Crippen LogP contribution in [0.5, 0.6) is 5.75 Å². The van der Waals surface area contributed by atoms with Crippen LogP contribution in [0.1, 0.15) is 44.8 Å². The Bertz CT molecular complexity index is 542. The van der Waals surface area contributed by atoms with E-state index < -0.39 is 6.10 Å². The molecule has 7 heteroatoms. The fourth-order valence-corrected chi connectivity index (χ4v) is 4.22. The maximum atomic E-state index is 10.4. The lowest BCUT2D eigenvalue weighted by atomic mass is 10.1. The average molecular weight is 493 g/mol. The van der Waals surface area contributed by atoms with Gasteiger partial charge in [0.1, 0.15) is 5.75 Å². The summed E-state index contributed by atoms with van der Waals surface area (Å²) in [5.41, 5.74) is 0.848. The van der Waals surface area contributed by atoms with E-state index in [4.69, 9.17) is 4.74 Å². The SMILES string of the molecule is CCNC(=NCC(O)c1ccc(OC)cc1)NC1CCC(SCC)C1.I. The van der Waals surface area contributed by atoms with E-state index in [9.17, 15) is 5.11 Å². The van der Waals surface area contributed by atoms with Crippen molar-refractivity contribution in [2.45, 2.75) is 50.5 Å². The lowest BCUT2D eigenvalue weighted by molar-refractivity contribution is 0.187. The molecule has 0 spiro atoms. The van der Waals surface area contributed by atoms with Crippen molar-refractivity contribution in [1.82, 2.24) is 10.6 Å². The Hall–Kier alpha value is -0.670. The van der Waals surface area contributed by atoms with Gasteiger partial charge < -0.3 is 20.5 Å². The van der Waals surface area contributed by atoms with E-state index in [0.717, 1.165) is 29.1 Å². The van der Waals surface area contributed by atoms with Gasteiger partial charge in [-0.2, -0.15) is 11.8 Å². The van der Waals surface area contributed by atoms with Gasteiger partial charge in [0.25, 0.3) is 0 Å². The van der Waals surface area contributed by atoms with E-state index in [0.29, 0.717) is 12.6 Å². The van der Waals surface area contributed by atoms with Crippen LogP contribution in [0.4, 0.5) is 0 Å². The van der Waals surface area contributed by atoms with Gasteiger partial charge in [-0.3, -0.25) is 4.99 Å². The molecular formula is C19H32IN3O2S. The van der Waals surface area contributed by atoms with Crippen molar-refractivity contribution < 1.29 is 9.84 Å². The number of guanidine groups is 1. The molecule has 2 rings (SSSR count). The first kappa shape index (κ1) is 23.4. The molecule has 0 aromatic heterocycles. The van der Waals surface area contributed by atoms with Crippen LogP contribution in [-0.4, -0.2) is 48.3 Å². The van der Waals surface area contributed by atoms with Crippen LogP contribution in [0.25, 0.3) is 0 Å². The summed E-state index contributed by atoms with van der Waals surface area (Å²) >= 11 is 2.05. The summed E-state index contributed by atoms with van der Waals surface area (Å²) in [6.45, 7) is 5.42. The topological polar surface area (TPSA) is 65.9 Å². The first-order valence-electron chi connectivity index (χ1n) is 9.14. The van der Waals surface area contributed by atoms with Crippen LogP contribution in [0.15, 0.2) is 29.3 Å². The third-order valence-corrected chi connectivity index (χ3v) is 5.63. The number of halogens is 1. The lowest BCUT2D eigenvalue weighted by Gasteiger charge is -2.18. The number of rotatable bonds is 8. The number of hydrogen-bond donors (Lipinski definition) is 3. The number of nitrogens with one attached hydrogen (secondary N) is 2. The molecule has 1 aliphatic carbocycles. The molecule has 0 bridgehead atoms. The van der Waals surface area contributed by atoms with Crippen LogP contribution < -0.4 is 15.4 Å². The zero-order valence-corrected chi connectivity index (χ0v) is 19.1. The molecular weight excluding hydrogens is 461 g/mol. The minimum Gasteiger partial charge on any atom is -0.497 e. The van der Waals surface area contributed by atoms with E-state index in [1.165, 1.54) is 25.0 Å². The number of ether oxygens (including phenoxy) is 1. The standard InChI is InChI=1S/C19H31N3O2S.HI/c1-4-20-19(22-15-8-11-17(12-15)25-5-2)21-13-18(23)14-6-9-16(24-3)10-7-14;/h6-7,9-10,15,17-18,23H,4-5,8,11-13H2,1-3H3,(H2,20,21,22);1H. The highest BCUT2D eigenvalue weighted by atomic mass is 127. The van der Waals surface area contributed by atoms with Crippen LogP contribution >= 0.6 is 35.7 Å². The quantitative estimate of drug-likeness (QED) is 0.294. The third kappa shape index (κ3) is 7.52. The molecule has 1 aromatic carbocycles.